The molecule has 0 atom stereocenters. The summed E-state index contributed by atoms with van der Waals surface area (Å²) in [5.41, 5.74) is 5.64. The van der Waals surface area contributed by atoms with Gasteiger partial charge in [-0.2, -0.15) is 0 Å². The second-order valence-electron chi connectivity index (χ2n) is 6.91. The van der Waals surface area contributed by atoms with Gasteiger partial charge < -0.3 is 9.64 Å². The van der Waals surface area contributed by atoms with Gasteiger partial charge in [0.2, 0.25) is 0 Å². The Morgan fingerprint density at radius 1 is 0.931 bits per heavy atom. The van der Waals surface area contributed by atoms with Gasteiger partial charge in [-0.25, -0.2) is 4.39 Å². The second-order valence-corrected chi connectivity index (χ2v) is 6.91. The van der Waals surface area contributed by atoms with Crippen LogP contribution in [0, 0.1) is 5.82 Å². The summed E-state index contributed by atoms with van der Waals surface area (Å²) < 4.78 is 18.8. The number of fused-ring (bicyclic) bond motifs is 3. The number of hydrogen-bond donors (Lipinski definition) is 0. The molecule has 0 unspecified atom stereocenters. The van der Waals surface area contributed by atoms with Crippen molar-refractivity contribution in [3.63, 3.8) is 0 Å². The largest absolute Gasteiger partial charge is 0.489 e. The minimum Gasteiger partial charge on any atom is -0.489 e. The highest BCUT2D eigenvalue weighted by Gasteiger charge is 2.28. The average molecular weight is 407 g/mol. The Bertz CT molecular complexity index is 1070. The van der Waals surface area contributed by atoms with Crippen molar-refractivity contribution in [3.05, 3.63) is 101 Å². The molecule has 29 heavy (non-hydrogen) atoms. The molecule has 2 aliphatic rings. The van der Waals surface area contributed by atoms with Crippen molar-refractivity contribution in [1.82, 2.24) is 4.90 Å². The molecule has 0 aromatic heterocycles. The van der Waals surface area contributed by atoms with Gasteiger partial charge in [0.25, 0.3) is 0 Å². The van der Waals surface area contributed by atoms with E-state index in [0.29, 0.717) is 6.61 Å². The fourth-order valence-electron chi connectivity index (χ4n) is 3.67. The van der Waals surface area contributed by atoms with E-state index < -0.39 is 0 Å². The van der Waals surface area contributed by atoms with Crippen LogP contribution < -0.4 is 4.74 Å². The van der Waals surface area contributed by atoms with E-state index in [-0.39, 0.29) is 18.2 Å². The molecule has 3 aromatic carbocycles. The third-order valence-electron chi connectivity index (χ3n) is 5.09. The maximum absolute atomic E-state index is 13.0. The van der Waals surface area contributed by atoms with Crippen molar-refractivity contribution in [2.24, 2.45) is 4.99 Å². The molecule has 0 radical (unpaired) electrons. The number of aliphatic imine (C=N–C) groups is 1. The number of halogens is 2. The van der Waals surface area contributed by atoms with Gasteiger partial charge in [-0.05, 0) is 59.2 Å². The van der Waals surface area contributed by atoms with E-state index in [2.05, 4.69) is 47.4 Å². The van der Waals surface area contributed by atoms with Crippen molar-refractivity contribution in [1.29, 1.82) is 0 Å². The molecule has 0 N–H and O–H groups in total. The van der Waals surface area contributed by atoms with E-state index in [1.807, 2.05) is 12.1 Å². The van der Waals surface area contributed by atoms with Gasteiger partial charge in [0.05, 0.1) is 12.2 Å². The van der Waals surface area contributed by atoms with Gasteiger partial charge in [-0.15, -0.1) is 12.4 Å². The Morgan fingerprint density at radius 3 is 2.48 bits per heavy atom. The Labute approximate surface area is 175 Å². The lowest BCUT2D eigenvalue weighted by molar-refractivity contribution is 0.306. The second kappa shape index (κ2) is 8.10. The van der Waals surface area contributed by atoms with Crippen LogP contribution in [0.5, 0.6) is 5.75 Å². The van der Waals surface area contributed by atoms with Crippen LogP contribution in [0.2, 0.25) is 0 Å². The summed E-state index contributed by atoms with van der Waals surface area (Å²) in [5, 5.41) is 0. The lowest BCUT2D eigenvalue weighted by Gasteiger charge is -2.29. The summed E-state index contributed by atoms with van der Waals surface area (Å²) in [6, 6.07) is 22.9. The summed E-state index contributed by atoms with van der Waals surface area (Å²) >= 11 is 0. The molecule has 3 aromatic rings. The number of rotatable bonds is 4. The standard InChI is InChI=1S/C24H19FN2O.ClH/c25-20-9-5-17(6-10-20)16-28-21-11-7-18(8-12-21)23-15-19-3-1-2-4-22(19)24-26-13-14-27(23)24;/h1-12,15H,13-14,16H2;1H. The van der Waals surface area contributed by atoms with Crippen LogP contribution in [0.4, 0.5) is 4.39 Å². The lowest BCUT2D eigenvalue weighted by atomic mass is 9.97. The van der Waals surface area contributed by atoms with Gasteiger partial charge >= 0.3 is 0 Å². The molecule has 0 spiro atoms. The molecule has 0 saturated heterocycles. The smallest absolute Gasteiger partial charge is 0.136 e. The molecule has 0 bridgehead atoms. The summed E-state index contributed by atoms with van der Waals surface area (Å²) in [6.07, 6.45) is 2.23. The van der Waals surface area contributed by atoms with E-state index in [1.54, 1.807) is 12.1 Å². The van der Waals surface area contributed by atoms with Crippen LogP contribution in [0.25, 0.3) is 11.8 Å². The van der Waals surface area contributed by atoms with E-state index in [9.17, 15) is 4.39 Å². The van der Waals surface area contributed by atoms with E-state index in [0.717, 1.165) is 35.8 Å². The topological polar surface area (TPSA) is 24.8 Å². The number of ether oxygens (including phenoxy) is 1. The fraction of sp³-hybridized carbons (Fsp3) is 0.125. The van der Waals surface area contributed by atoms with Crippen molar-refractivity contribution < 1.29 is 9.13 Å². The van der Waals surface area contributed by atoms with Gasteiger partial charge in [-0.3, -0.25) is 4.99 Å². The van der Waals surface area contributed by atoms with Crippen molar-refractivity contribution >= 4 is 30.0 Å². The predicted octanol–water partition coefficient (Wildman–Crippen LogP) is 5.40. The van der Waals surface area contributed by atoms with Crippen LogP contribution in [0.1, 0.15) is 22.3 Å². The summed E-state index contributed by atoms with van der Waals surface area (Å²) in [4.78, 5) is 7.00. The first-order valence-electron chi connectivity index (χ1n) is 9.39. The Hall–Kier alpha value is -3.11. The predicted molar refractivity (Wildman–Crippen MR) is 117 cm³/mol. The van der Waals surface area contributed by atoms with Crippen LogP contribution in [0.15, 0.2) is 77.8 Å². The molecule has 5 heteroatoms. The normalized spacial score (nSPS) is 14.3. The fourth-order valence-corrected chi connectivity index (χ4v) is 3.67. The molecule has 5 rings (SSSR count). The third-order valence-corrected chi connectivity index (χ3v) is 5.09. The molecule has 3 nitrogen and oxygen atoms in total. The molecular weight excluding hydrogens is 387 g/mol. The maximum Gasteiger partial charge on any atom is 0.136 e. The third kappa shape index (κ3) is 3.76. The minimum atomic E-state index is -0.236. The van der Waals surface area contributed by atoms with Crippen molar-refractivity contribution in [2.75, 3.05) is 13.1 Å². The maximum atomic E-state index is 13.0. The molecule has 0 saturated carbocycles. The van der Waals surface area contributed by atoms with Crippen LogP contribution in [-0.4, -0.2) is 23.8 Å². The van der Waals surface area contributed by atoms with Gasteiger partial charge in [-0.1, -0.05) is 36.4 Å². The van der Waals surface area contributed by atoms with E-state index in [4.69, 9.17) is 9.73 Å². The summed E-state index contributed by atoms with van der Waals surface area (Å²) in [7, 11) is 0. The Balaban J connectivity index is 0.00000205. The molecule has 146 valence electrons. The number of hydrogen-bond acceptors (Lipinski definition) is 3. The van der Waals surface area contributed by atoms with Crippen molar-refractivity contribution in [3.8, 4) is 5.75 Å². The zero-order valence-corrected chi connectivity index (χ0v) is 16.5. The zero-order valence-electron chi connectivity index (χ0n) is 15.7. The van der Waals surface area contributed by atoms with Gasteiger partial charge in [0.1, 0.15) is 24.0 Å². The van der Waals surface area contributed by atoms with Gasteiger partial charge in [0.15, 0.2) is 0 Å². The zero-order chi connectivity index (χ0) is 18.9. The number of nitrogens with zero attached hydrogens (tertiary/aromatic N) is 2. The monoisotopic (exact) mass is 406 g/mol. The quantitative estimate of drug-likeness (QED) is 0.579. The molecule has 0 amide bonds. The number of amidine groups is 1. The molecule has 2 heterocycles. The first kappa shape index (κ1) is 19.2. The van der Waals surface area contributed by atoms with Crippen LogP contribution >= 0.6 is 12.4 Å². The number of benzene rings is 3. The van der Waals surface area contributed by atoms with Crippen molar-refractivity contribution in [2.45, 2.75) is 6.61 Å². The van der Waals surface area contributed by atoms with Gasteiger partial charge in [0, 0.05) is 12.1 Å². The SMILES string of the molecule is Cl.Fc1ccc(COc2ccc(C3=Cc4ccccc4C4=NCCN34)cc2)cc1. The lowest BCUT2D eigenvalue weighted by Crippen LogP contribution is -2.30. The highest BCUT2D eigenvalue weighted by Crippen LogP contribution is 2.33. The Kier molecular flexibility index (Phi) is 5.36. The highest BCUT2D eigenvalue weighted by atomic mass is 35.5. The summed E-state index contributed by atoms with van der Waals surface area (Å²) in [5.74, 6) is 1.62. The first-order chi connectivity index (χ1) is 13.8. The van der Waals surface area contributed by atoms with Crippen LogP contribution in [-0.2, 0) is 6.61 Å². The van der Waals surface area contributed by atoms with Crippen LogP contribution in [0.3, 0.4) is 0 Å². The molecule has 2 aliphatic heterocycles. The van der Waals surface area contributed by atoms with E-state index in [1.165, 1.54) is 29.0 Å². The highest BCUT2D eigenvalue weighted by molar-refractivity contribution is 6.12. The minimum absolute atomic E-state index is 0. The van der Waals surface area contributed by atoms with E-state index >= 15 is 0 Å². The molecular formula is C24H20ClFN2O. The Morgan fingerprint density at radius 2 is 1.69 bits per heavy atom. The first-order valence-corrected chi connectivity index (χ1v) is 9.39. The average Bonchev–Trinajstić information content (AvgIpc) is 3.23. The summed E-state index contributed by atoms with van der Waals surface area (Å²) in [6.45, 7) is 2.14. The molecule has 0 fully saturated rings. The molecule has 0 aliphatic carbocycles.